The predicted octanol–water partition coefficient (Wildman–Crippen LogP) is 5.07. The Kier molecular flexibility index (Phi) is 8.07. The van der Waals surface area contributed by atoms with Crippen LogP contribution in [-0.2, 0) is 9.53 Å². The number of hydrogen-bond acceptors (Lipinski definition) is 4. The standard InChI is InChI=1S/C21H22BrNO4/c1-3-4-13-27-21(25)16-7-9-17(10-8-16)23-20(24)12-6-15-5-11-19(26-2)18(22)14-15/h5-12,14H,3-4,13H2,1-2H3,(H,23,24)/b12-6+. The molecule has 0 aliphatic carbocycles. The minimum Gasteiger partial charge on any atom is -0.496 e. The van der Waals surface area contributed by atoms with E-state index in [-0.39, 0.29) is 11.9 Å². The third-order valence-corrected chi connectivity index (χ3v) is 4.34. The maximum absolute atomic E-state index is 12.1. The van der Waals surface area contributed by atoms with E-state index in [1.54, 1.807) is 37.5 Å². The average Bonchev–Trinajstić information content (AvgIpc) is 2.67. The predicted molar refractivity (Wildman–Crippen MR) is 110 cm³/mol. The van der Waals surface area contributed by atoms with Gasteiger partial charge >= 0.3 is 5.97 Å². The zero-order valence-corrected chi connectivity index (χ0v) is 16.9. The zero-order chi connectivity index (χ0) is 19.6. The molecule has 0 aromatic heterocycles. The maximum Gasteiger partial charge on any atom is 0.338 e. The first-order chi connectivity index (χ1) is 13.0. The third kappa shape index (κ3) is 6.57. The number of methoxy groups -OCH3 is 1. The molecule has 27 heavy (non-hydrogen) atoms. The highest BCUT2D eigenvalue weighted by Gasteiger charge is 2.07. The van der Waals surface area contributed by atoms with Gasteiger partial charge in [0.2, 0.25) is 5.91 Å². The SMILES string of the molecule is CCCCOC(=O)c1ccc(NC(=O)/C=C/c2ccc(OC)c(Br)c2)cc1. The Morgan fingerprint density at radius 2 is 1.89 bits per heavy atom. The fraction of sp³-hybridized carbons (Fsp3) is 0.238. The number of carbonyl (C=O) groups is 2. The Morgan fingerprint density at radius 1 is 1.15 bits per heavy atom. The summed E-state index contributed by atoms with van der Waals surface area (Å²) in [5.41, 5.74) is 1.93. The molecule has 0 unspecified atom stereocenters. The van der Waals surface area contributed by atoms with Gasteiger partial charge in [0.15, 0.2) is 0 Å². The Hall–Kier alpha value is -2.60. The van der Waals surface area contributed by atoms with Gasteiger partial charge in [-0.3, -0.25) is 4.79 Å². The number of ether oxygens (including phenoxy) is 2. The van der Waals surface area contributed by atoms with Crippen LogP contribution in [0.5, 0.6) is 5.75 Å². The number of unbranched alkanes of at least 4 members (excludes halogenated alkanes) is 1. The van der Waals surface area contributed by atoms with E-state index in [2.05, 4.69) is 21.2 Å². The van der Waals surface area contributed by atoms with Crippen LogP contribution >= 0.6 is 15.9 Å². The van der Waals surface area contributed by atoms with Crippen LogP contribution in [0.2, 0.25) is 0 Å². The van der Waals surface area contributed by atoms with Crippen LogP contribution in [0.3, 0.4) is 0 Å². The number of halogens is 1. The summed E-state index contributed by atoms with van der Waals surface area (Å²) in [6.45, 7) is 2.45. The van der Waals surface area contributed by atoms with Crippen molar-refractivity contribution in [3.05, 3.63) is 64.1 Å². The second-order valence-electron chi connectivity index (χ2n) is 5.78. The molecule has 142 valence electrons. The quantitative estimate of drug-likeness (QED) is 0.360. The van der Waals surface area contributed by atoms with Crippen molar-refractivity contribution in [1.82, 2.24) is 0 Å². The van der Waals surface area contributed by atoms with Crippen molar-refractivity contribution in [3.63, 3.8) is 0 Å². The maximum atomic E-state index is 12.1. The Morgan fingerprint density at radius 3 is 2.52 bits per heavy atom. The van der Waals surface area contributed by atoms with E-state index in [4.69, 9.17) is 9.47 Å². The Bertz CT molecular complexity index is 815. The third-order valence-electron chi connectivity index (χ3n) is 3.72. The van der Waals surface area contributed by atoms with Crippen LogP contribution in [0.4, 0.5) is 5.69 Å². The van der Waals surface area contributed by atoms with Gasteiger partial charge in [0.25, 0.3) is 0 Å². The van der Waals surface area contributed by atoms with Crippen molar-refractivity contribution in [3.8, 4) is 5.75 Å². The highest BCUT2D eigenvalue weighted by molar-refractivity contribution is 9.10. The van der Waals surface area contributed by atoms with Gasteiger partial charge in [-0.1, -0.05) is 19.4 Å². The topological polar surface area (TPSA) is 64.6 Å². The van der Waals surface area contributed by atoms with E-state index < -0.39 is 0 Å². The molecule has 0 heterocycles. The van der Waals surface area contributed by atoms with Crippen LogP contribution in [0.25, 0.3) is 6.08 Å². The van der Waals surface area contributed by atoms with E-state index in [0.717, 1.165) is 28.6 Å². The highest BCUT2D eigenvalue weighted by atomic mass is 79.9. The fourth-order valence-corrected chi connectivity index (χ4v) is 2.78. The lowest BCUT2D eigenvalue weighted by molar-refractivity contribution is -0.111. The number of amides is 1. The van der Waals surface area contributed by atoms with Crippen LogP contribution in [0.1, 0.15) is 35.7 Å². The summed E-state index contributed by atoms with van der Waals surface area (Å²) in [5, 5.41) is 2.75. The zero-order valence-electron chi connectivity index (χ0n) is 15.3. The lowest BCUT2D eigenvalue weighted by atomic mass is 10.2. The summed E-state index contributed by atoms with van der Waals surface area (Å²) in [6, 6.07) is 12.1. The number of nitrogens with one attached hydrogen (secondary N) is 1. The van der Waals surface area contributed by atoms with Gasteiger partial charge in [0.1, 0.15) is 5.75 Å². The average molecular weight is 432 g/mol. The molecular formula is C21H22BrNO4. The van der Waals surface area contributed by atoms with Gasteiger partial charge in [0, 0.05) is 11.8 Å². The minimum absolute atomic E-state index is 0.264. The molecule has 1 N–H and O–H groups in total. The van der Waals surface area contributed by atoms with Crippen molar-refractivity contribution < 1.29 is 19.1 Å². The number of esters is 1. The molecule has 0 atom stereocenters. The number of rotatable bonds is 8. The van der Waals surface area contributed by atoms with Crippen LogP contribution in [0.15, 0.2) is 53.0 Å². The molecule has 2 rings (SSSR count). The molecule has 1 amide bonds. The van der Waals surface area contributed by atoms with Crippen LogP contribution in [-0.4, -0.2) is 25.6 Å². The molecule has 0 spiro atoms. The van der Waals surface area contributed by atoms with Gasteiger partial charge in [-0.15, -0.1) is 0 Å². The normalized spacial score (nSPS) is 10.6. The van der Waals surface area contributed by atoms with Gasteiger partial charge in [-0.05, 0) is 70.4 Å². The smallest absolute Gasteiger partial charge is 0.338 e. The lowest BCUT2D eigenvalue weighted by Gasteiger charge is -2.06. The number of anilines is 1. The summed E-state index contributed by atoms with van der Waals surface area (Å²) >= 11 is 3.41. The Labute approximate surface area is 167 Å². The van der Waals surface area contributed by atoms with Crippen molar-refractivity contribution in [1.29, 1.82) is 0 Å². The summed E-state index contributed by atoms with van der Waals surface area (Å²) < 4.78 is 11.1. The van der Waals surface area contributed by atoms with Crippen molar-refractivity contribution >= 4 is 39.6 Å². The molecule has 0 bridgehead atoms. The molecule has 0 saturated heterocycles. The van der Waals surface area contributed by atoms with E-state index in [1.165, 1.54) is 6.08 Å². The lowest BCUT2D eigenvalue weighted by Crippen LogP contribution is -2.09. The van der Waals surface area contributed by atoms with Gasteiger partial charge < -0.3 is 14.8 Å². The molecular weight excluding hydrogens is 410 g/mol. The van der Waals surface area contributed by atoms with Crippen molar-refractivity contribution in [2.45, 2.75) is 19.8 Å². The molecule has 5 nitrogen and oxygen atoms in total. The molecule has 2 aromatic carbocycles. The van der Waals surface area contributed by atoms with Gasteiger partial charge in [0.05, 0.1) is 23.8 Å². The first-order valence-electron chi connectivity index (χ1n) is 8.63. The Balaban J connectivity index is 1.91. The number of carbonyl (C=O) groups excluding carboxylic acids is 2. The molecule has 0 saturated carbocycles. The molecule has 0 aliphatic heterocycles. The van der Waals surface area contributed by atoms with Gasteiger partial charge in [-0.2, -0.15) is 0 Å². The first kappa shape index (κ1) is 20.7. The fourth-order valence-electron chi connectivity index (χ4n) is 2.22. The molecule has 6 heteroatoms. The first-order valence-corrected chi connectivity index (χ1v) is 9.42. The molecule has 0 radical (unpaired) electrons. The summed E-state index contributed by atoms with van der Waals surface area (Å²) in [5.74, 6) is 0.108. The summed E-state index contributed by atoms with van der Waals surface area (Å²) in [7, 11) is 1.60. The summed E-state index contributed by atoms with van der Waals surface area (Å²) in [6.07, 6.45) is 4.97. The van der Waals surface area contributed by atoms with E-state index >= 15 is 0 Å². The van der Waals surface area contributed by atoms with E-state index in [9.17, 15) is 9.59 Å². The van der Waals surface area contributed by atoms with Crippen LogP contribution < -0.4 is 10.1 Å². The van der Waals surface area contributed by atoms with E-state index in [0.29, 0.717) is 17.9 Å². The number of benzene rings is 2. The second-order valence-corrected chi connectivity index (χ2v) is 6.64. The molecule has 0 aliphatic rings. The van der Waals surface area contributed by atoms with E-state index in [1.807, 2.05) is 25.1 Å². The molecule has 2 aromatic rings. The highest BCUT2D eigenvalue weighted by Crippen LogP contribution is 2.26. The van der Waals surface area contributed by atoms with Crippen molar-refractivity contribution in [2.24, 2.45) is 0 Å². The second kappa shape index (κ2) is 10.5. The van der Waals surface area contributed by atoms with Crippen molar-refractivity contribution in [2.75, 3.05) is 19.0 Å². The monoisotopic (exact) mass is 431 g/mol. The minimum atomic E-state index is -0.355. The summed E-state index contributed by atoms with van der Waals surface area (Å²) in [4.78, 5) is 23.9. The van der Waals surface area contributed by atoms with Gasteiger partial charge in [-0.25, -0.2) is 4.79 Å². The largest absolute Gasteiger partial charge is 0.496 e. The number of hydrogen-bond donors (Lipinski definition) is 1. The molecule has 0 fully saturated rings. The van der Waals surface area contributed by atoms with Crippen LogP contribution in [0, 0.1) is 0 Å².